The van der Waals surface area contributed by atoms with Gasteiger partial charge in [0.05, 0.1) is 6.61 Å². The molecular formula is C14H22FNO. The molecule has 0 spiro atoms. The number of nitrogens with zero attached hydrogens (tertiary/aromatic N) is 1. The van der Waals surface area contributed by atoms with E-state index in [1.165, 1.54) is 0 Å². The summed E-state index contributed by atoms with van der Waals surface area (Å²) in [7, 11) is 0. The minimum absolute atomic E-state index is 0.194. The highest BCUT2D eigenvalue weighted by Crippen LogP contribution is 2.28. The van der Waals surface area contributed by atoms with Crippen LogP contribution < -0.4 is 9.64 Å². The van der Waals surface area contributed by atoms with Crippen LogP contribution in [0, 0.1) is 12.7 Å². The van der Waals surface area contributed by atoms with Gasteiger partial charge in [-0.3, -0.25) is 0 Å². The molecule has 0 saturated carbocycles. The molecule has 0 saturated heterocycles. The smallest absolute Gasteiger partial charge is 0.131 e. The van der Waals surface area contributed by atoms with Crippen molar-refractivity contribution in [1.82, 2.24) is 0 Å². The molecule has 0 aliphatic heterocycles. The number of rotatable bonds is 6. The van der Waals surface area contributed by atoms with Crippen LogP contribution >= 0.6 is 0 Å². The monoisotopic (exact) mass is 239 g/mol. The molecular weight excluding hydrogens is 217 g/mol. The van der Waals surface area contributed by atoms with Crippen LogP contribution in [0.25, 0.3) is 0 Å². The molecule has 0 aliphatic carbocycles. The zero-order valence-electron chi connectivity index (χ0n) is 11.2. The van der Waals surface area contributed by atoms with Crippen molar-refractivity contribution < 1.29 is 9.13 Å². The summed E-state index contributed by atoms with van der Waals surface area (Å²) in [4.78, 5) is 2.16. The summed E-state index contributed by atoms with van der Waals surface area (Å²) in [5.41, 5.74) is 1.49. The summed E-state index contributed by atoms with van der Waals surface area (Å²) >= 11 is 0. The molecule has 17 heavy (non-hydrogen) atoms. The van der Waals surface area contributed by atoms with E-state index in [9.17, 15) is 4.39 Å². The molecule has 2 nitrogen and oxygen atoms in total. The molecule has 0 atom stereocenters. The topological polar surface area (TPSA) is 12.5 Å². The lowest BCUT2D eigenvalue weighted by Gasteiger charge is -2.23. The maximum atomic E-state index is 13.8. The molecule has 1 rings (SSSR count). The van der Waals surface area contributed by atoms with E-state index in [0.717, 1.165) is 25.2 Å². The van der Waals surface area contributed by atoms with Crippen molar-refractivity contribution in [3.63, 3.8) is 0 Å². The quantitative estimate of drug-likeness (QED) is 0.749. The van der Waals surface area contributed by atoms with E-state index in [1.54, 1.807) is 13.0 Å². The summed E-state index contributed by atoms with van der Waals surface area (Å²) in [5, 5.41) is 0. The van der Waals surface area contributed by atoms with Gasteiger partial charge in [0.1, 0.15) is 11.6 Å². The molecule has 96 valence electrons. The number of hydrogen-bond acceptors (Lipinski definition) is 2. The van der Waals surface area contributed by atoms with Crippen LogP contribution in [0.5, 0.6) is 5.75 Å². The van der Waals surface area contributed by atoms with Crippen molar-refractivity contribution in [2.24, 2.45) is 0 Å². The highest BCUT2D eigenvalue weighted by Gasteiger charge is 2.11. The average molecular weight is 239 g/mol. The zero-order valence-corrected chi connectivity index (χ0v) is 11.2. The molecule has 0 fully saturated rings. The summed E-state index contributed by atoms with van der Waals surface area (Å²) in [6.07, 6.45) is 1.05. The first kappa shape index (κ1) is 13.8. The lowest BCUT2D eigenvalue weighted by molar-refractivity contribution is 0.335. The SMILES string of the molecule is CCCN(CC)c1cc(F)c(C)c(OCC)c1. The van der Waals surface area contributed by atoms with Crippen LogP contribution in [0.1, 0.15) is 32.8 Å². The average Bonchev–Trinajstić information content (AvgIpc) is 2.32. The van der Waals surface area contributed by atoms with Crippen molar-refractivity contribution in [2.45, 2.75) is 34.1 Å². The van der Waals surface area contributed by atoms with Gasteiger partial charge in [-0.15, -0.1) is 0 Å². The Bertz CT molecular complexity index is 365. The second-order valence-corrected chi connectivity index (χ2v) is 4.06. The highest BCUT2D eigenvalue weighted by atomic mass is 19.1. The number of hydrogen-bond donors (Lipinski definition) is 0. The molecule has 0 unspecified atom stereocenters. The first-order valence-corrected chi connectivity index (χ1v) is 6.31. The molecule has 1 aromatic carbocycles. The Hall–Kier alpha value is -1.25. The van der Waals surface area contributed by atoms with E-state index in [2.05, 4.69) is 18.7 Å². The molecule has 1 aromatic rings. The molecule has 0 amide bonds. The Morgan fingerprint density at radius 2 is 1.94 bits per heavy atom. The Kier molecular flexibility index (Phi) is 5.26. The molecule has 0 heterocycles. The van der Waals surface area contributed by atoms with E-state index < -0.39 is 0 Å². The molecule has 0 aromatic heterocycles. The maximum Gasteiger partial charge on any atom is 0.131 e. The number of ether oxygens (including phenoxy) is 1. The van der Waals surface area contributed by atoms with E-state index in [0.29, 0.717) is 17.9 Å². The molecule has 0 radical (unpaired) electrons. The summed E-state index contributed by atoms with van der Waals surface area (Å²) in [6.45, 7) is 10.2. The number of halogens is 1. The van der Waals surface area contributed by atoms with Crippen LogP contribution in [0.4, 0.5) is 10.1 Å². The fraction of sp³-hybridized carbons (Fsp3) is 0.571. The van der Waals surface area contributed by atoms with Crippen molar-refractivity contribution >= 4 is 5.69 Å². The van der Waals surface area contributed by atoms with Crippen LogP contribution in [0.3, 0.4) is 0 Å². The maximum absolute atomic E-state index is 13.8. The van der Waals surface area contributed by atoms with Gasteiger partial charge in [0, 0.05) is 30.4 Å². The van der Waals surface area contributed by atoms with E-state index in [1.807, 2.05) is 13.0 Å². The first-order chi connectivity index (χ1) is 8.13. The molecule has 3 heteroatoms. The third-order valence-electron chi connectivity index (χ3n) is 2.82. The van der Waals surface area contributed by atoms with Crippen LogP contribution in [0.15, 0.2) is 12.1 Å². The van der Waals surface area contributed by atoms with Gasteiger partial charge in [-0.05, 0) is 33.3 Å². The van der Waals surface area contributed by atoms with Gasteiger partial charge in [0.15, 0.2) is 0 Å². The van der Waals surface area contributed by atoms with Crippen molar-refractivity contribution in [1.29, 1.82) is 0 Å². The van der Waals surface area contributed by atoms with Gasteiger partial charge in [0.25, 0.3) is 0 Å². The fourth-order valence-corrected chi connectivity index (χ4v) is 1.87. The molecule has 0 bridgehead atoms. The molecule has 0 N–H and O–H groups in total. The van der Waals surface area contributed by atoms with Crippen LogP contribution in [0.2, 0.25) is 0 Å². The van der Waals surface area contributed by atoms with Crippen LogP contribution in [-0.2, 0) is 0 Å². The zero-order chi connectivity index (χ0) is 12.8. The Morgan fingerprint density at radius 1 is 1.24 bits per heavy atom. The second-order valence-electron chi connectivity index (χ2n) is 4.06. The second kappa shape index (κ2) is 6.48. The minimum Gasteiger partial charge on any atom is -0.493 e. The van der Waals surface area contributed by atoms with Gasteiger partial charge in [-0.1, -0.05) is 6.92 Å². The predicted octanol–water partition coefficient (Wildman–Crippen LogP) is 3.77. The minimum atomic E-state index is -0.194. The third kappa shape index (κ3) is 3.35. The number of anilines is 1. The van der Waals surface area contributed by atoms with Gasteiger partial charge >= 0.3 is 0 Å². The largest absolute Gasteiger partial charge is 0.493 e. The summed E-state index contributed by atoms with van der Waals surface area (Å²) in [6, 6.07) is 3.53. The van der Waals surface area contributed by atoms with E-state index >= 15 is 0 Å². The Labute approximate surface area is 103 Å². The van der Waals surface area contributed by atoms with Gasteiger partial charge in [-0.25, -0.2) is 4.39 Å². The Morgan fingerprint density at radius 3 is 2.47 bits per heavy atom. The standard InChI is InChI=1S/C14H22FNO/c1-5-8-16(6-2)12-9-13(15)11(4)14(10-12)17-7-3/h9-10H,5-8H2,1-4H3. The third-order valence-corrected chi connectivity index (χ3v) is 2.82. The normalized spacial score (nSPS) is 10.4. The number of benzene rings is 1. The lowest BCUT2D eigenvalue weighted by Crippen LogP contribution is -2.23. The summed E-state index contributed by atoms with van der Waals surface area (Å²) < 4.78 is 19.3. The highest BCUT2D eigenvalue weighted by molar-refractivity contribution is 5.54. The lowest BCUT2D eigenvalue weighted by atomic mass is 10.1. The van der Waals surface area contributed by atoms with E-state index in [4.69, 9.17) is 4.74 Å². The molecule has 0 aliphatic rings. The van der Waals surface area contributed by atoms with Crippen molar-refractivity contribution in [3.8, 4) is 5.75 Å². The fourth-order valence-electron chi connectivity index (χ4n) is 1.87. The van der Waals surface area contributed by atoms with Gasteiger partial charge < -0.3 is 9.64 Å². The Balaban J connectivity index is 3.07. The van der Waals surface area contributed by atoms with Gasteiger partial charge in [-0.2, -0.15) is 0 Å². The van der Waals surface area contributed by atoms with Crippen molar-refractivity contribution in [2.75, 3.05) is 24.6 Å². The predicted molar refractivity (Wildman–Crippen MR) is 70.5 cm³/mol. The summed E-state index contributed by atoms with van der Waals surface area (Å²) in [5.74, 6) is 0.456. The van der Waals surface area contributed by atoms with E-state index in [-0.39, 0.29) is 5.82 Å². The first-order valence-electron chi connectivity index (χ1n) is 6.31. The van der Waals surface area contributed by atoms with Gasteiger partial charge in [0.2, 0.25) is 0 Å². The van der Waals surface area contributed by atoms with Crippen LogP contribution in [-0.4, -0.2) is 19.7 Å². The van der Waals surface area contributed by atoms with Crippen molar-refractivity contribution in [3.05, 3.63) is 23.5 Å².